The molecule has 1 aromatic carbocycles. The Morgan fingerprint density at radius 3 is 2.03 bits per heavy atom. The summed E-state index contributed by atoms with van der Waals surface area (Å²) in [5, 5.41) is 26.0. The minimum absolute atomic E-state index is 0.0213. The molecule has 1 aromatic rings. The zero-order valence-electron chi connectivity index (χ0n) is 19.1. The molecule has 0 saturated carbocycles. The number of carboxylic acid groups (broad SMARTS) is 1. The number of primary amides is 1. The Kier molecular flexibility index (Phi) is 13.0. The van der Waals surface area contributed by atoms with E-state index in [-0.39, 0.29) is 24.3 Å². The van der Waals surface area contributed by atoms with Crippen molar-refractivity contribution in [2.45, 2.75) is 43.4 Å². The summed E-state index contributed by atoms with van der Waals surface area (Å²) in [5.74, 6) is -4.02. The van der Waals surface area contributed by atoms with Crippen LogP contribution in [0.3, 0.4) is 0 Å². The number of thiol groups is 1. The Labute approximate surface area is 212 Å². The molecule has 0 aliphatic carbocycles. The van der Waals surface area contributed by atoms with Crippen LogP contribution >= 0.6 is 24.4 Å². The first kappa shape index (κ1) is 30.1. The lowest BCUT2D eigenvalue weighted by Gasteiger charge is -2.25. The fourth-order valence-corrected chi connectivity index (χ4v) is 3.53. The van der Waals surface area contributed by atoms with Crippen LogP contribution in [-0.2, 0) is 30.4 Å². The monoisotopic (exact) mass is 529 g/mol. The lowest BCUT2D eigenvalue weighted by molar-refractivity contribution is -0.143. The molecule has 4 unspecified atom stereocenters. The SMILES string of the molecule is CSCCC(NC(=O)C(Cc1ccc(O)cc1)NC(=O)C(N)CS)C(=O)NC(CC(N)=O)C(=O)O. The van der Waals surface area contributed by atoms with Gasteiger partial charge in [0, 0.05) is 12.2 Å². The van der Waals surface area contributed by atoms with Crippen molar-refractivity contribution in [3.05, 3.63) is 29.8 Å². The van der Waals surface area contributed by atoms with Gasteiger partial charge in [0.05, 0.1) is 12.5 Å². The van der Waals surface area contributed by atoms with Crippen LogP contribution in [0.2, 0.25) is 0 Å². The number of benzene rings is 1. The van der Waals surface area contributed by atoms with Gasteiger partial charge in [-0.15, -0.1) is 0 Å². The van der Waals surface area contributed by atoms with E-state index in [1.54, 1.807) is 18.4 Å². The molecular weight excluding hydrogens is 498 g/mol. The Hall–Kier alpha value is -2.97. The van der Waals surface area contributed by atoms with Crippen molar-refractivity contribution < 1.29 is 34.2 Å². The second kappa shape index (κ2) is 15.1. The molecule has 0 radical (unpaired) electrons. The van der Waals surface area contributed by atoms with Crippen molar-refractivity contribution in [1.29, 1.82) is 0 Å². The van der Waals surface area contributed by atoms with Crippen LogP contribution in [0.4, 0.5) is 0 Å². The number of nitrogens with two attached hydrogens (primary N) is 2. The first-order chi connectivity index (χ1) is 16.5. The molecule has 0 heterocycles. The number of nitrogens with one attached hydrogen (secondary N) is 3. The summed E-state index contributed by atoms with van der Waals surface area (Å²) in [4.78, 5) is 60.8. The van der Waals surface area contributed by atoms with Gasteiger partial charge in [0.15, 0.2) is 0 Å². The number of phenols is 1. The normalized spacial score (nSPS) is 14.1. The second-order valence-electron chi connectivity index (χ2n) is 7.63. The van der Waals surface area contributed by atoms with Crippen LogP contribution in [-0.4, -0.2) is 81.7 Å². The zero-order chi connectivity index (χ0) is 26.5. The number of amides is 4. The predicted octanol–water partition coefficient (Wildman–Crippen LogP) is -1.64. The first-order valence-corrected chi connectivity index (χ1v) is 12.6. The van der Waals surface area contributed by atoms with E-state index in [9.17, 15) is 34.2 Å². The van der Waals surface area contributed by atoms with Crippen molar-refractivity contribution in [3.8, 4) is 5.75 Å². The van der Waals surface area contributed by atoms with Gasteiger partial charge in [-0.2, -0.15) is 24.4 Å². The largest absolute Gasteiger partial charge is 0.508 e. The molecule has 35 heavy (non-hydrogen) atoms. The maximum absolute atomic E-state index is 13.1. The third kappa shape index (κ3) is 10.9. The molecular formula is C21H31N5O7S2. The van der Waals surface area contributed by atoms with E-state index in [1.807, 2.05) is 0 Å². The number of hydrogen-bond donors (Lipinski definition) is 8. The molecule has 0 aliphatic rings. The van der Waals surface area contributed by atoms with Gasteiger partial charge in [0.1, 0.15) is 23.9 Å². The summed E-state index contributed by atoms with van der Waals surface area (Å²) in [7, 11) is 0. The average Bonchev–Trinajstić information content (AvgIpc) is 2.80. The smallest absolute Gasteiger partial charge is 0.326 e. The summed E-state index contributed by atoms with van der Waals surface area (Å²) >= 11 is 5.38. The van der Waals surface area contributed by atoms with Crippen molar-refractivity contribution in [3.63, 3.8) is 0 Å². The van der Waals surface area contributed by atoms with Gasteiger partial charge >= 0.3 is 5.97 Å². The van der Waals surface area contributed by atoms with E-state index in [0.29, 0.717) is 11.3 Å². The molecule has 4 amide bonds. The Morgan fingerprint density at radius 1 is 0.971 bits per heavy atom. The van der Waals surface area contributed by atoms with Gasteiger partial charge in [-0.1, -0.05) is 12.1 Å². The van der Waals surface area contributed by atoms with E-state index >= 15 is 0 Å². The van der Waals surface area contributed by atoms with Gasteiger partial charge in [-0.05, 0) is 36.1 Å². The predicted molar refractivity (Wildman–Crippen MR) is 134 cm³/mol. The number of aromatic hydroxyl groups is 1. The van der Waals surface area contributed by atoms with Crippen LogP contribution < -0.4 is 27.4 Å². The topological polar surface area (TPSA) is 214 Å². The van der Waals surface area contributed by atoms with Gasteiger partial charge < -0.3 is 37.6 Å². The molecule has 0 aliphatic heterocycles. The fourth-order valence-electron chi connectivity index (χ4n) is 2.89. The standard InChI is InChI=1S/C21H31N5O7S2/c1-35-7-6-14(19(30)26-16(21(32)33)9-17(23)28)24-20(31)15(25-18(29)13(22)10-34)8-11-2-4-12(27)5-3-11/h2-5,13-16,27,34H,6-10,22H2,1H3,(H2,23,28)(H,24,31)(H,25,29)(H,26,30)(H,32,33). The highest BCUT2D eigenvalue weighted by Crippen LogP contribution is 2.12. The van der Waals surface area contributed by atoms with Crippen LogP contribution in [0.25, 0.3) is 0 Å². The number of phenolic OH excluding ortho intramolecular Hbond substituents is 1. The molecule has 0 aromatic heterocycles. The zero-order valence-corrected chi connectivity index (χ0v) is 20.8. The molecule has 194 valence electrons. The second-order valence-corrected chi connectivity index (χ2v) is 8.98. The molecule has 0 fully saturated rings. The van der Waals surface area contributed by atoms with Crippen molar-refractivity contribution in [1.82, 2.24) is 16.0 Å². The van der Waals surface area contributed by atoms with E-state index in [2.05, 4.69) is 28.6 Å². The summed E-state index contributed by atoms with van der Waals surface area (Å²) in [5.41, 5.74) is 11.4. The molecule has 14 heteroatoms. The summed E-state index contributed by atoms with van der Waals surface area (Å²) in [6.45, 7) is 0. The average molecular weight is 530 g/mol. The lowest BCUT2D eigenvalue weighted by atomic mass is 10.0. The fraction of sp³-hybridized carbons (Fsp3) is 0.476. The number of carbonyl (C=O) groups is 5. The Balaban J connectivity index is 3.09. The molecule has 1 rings (SSSR count). The summed E-state index contributed by atoms with van der Waals surface area (Å²) in [6, 6.07) is 1.16. The molecule has 0 bridgehead atoms. The van der Waals surface area contributed by atoms with Gasteiger partial charge in [0.25, 0.3) is 0 Å². The highest BCUT2D eigenvalue weighted by Gasteiger charge is 2.30. The first-order valence-electron chi connectivity index (χ1n) is 10.5. The van der Waals surface area contributed by atoms with Crippen molar-refractivity contribution in [2.75, 3.05) is 17.8 Å². The molecule has 9 N–H and O–H groups in total. The van der Waals surface area contributed by atoms with E-state index in [4.69, 9.17) is 11.5 Å². The molecule has 4 atom stereocenters. The van der Waals surface area contributed by atoms with Crippen molar-refractivity contribution in [2.24, 2.45) is 11.5 Å². The highest BCUT2D eigenvalue weighted by atomic mass is 32.2. The third-order valence-electron chi connectivity index (χ3n) is 4.81. The maximum Gasteiger partial charge on any atom is 0.326 e. The highest BCUT2D eigenvalue weighted by molar-refractivity contribution is 7.98. The van der Waals surface area contributed by atoms with Crippen molar-refractivity contribution >= 4 is 54.0 Å². The van der Waals surface area contributed by atoms with E-state index < -0.39 is 60.2 Å². The number of hydrogen-bond acceptors (Lipinski definition) is 9. The van der Waals surface area contributed by atoms with Gasteiger partial charge in [-0.3, -0.25) is 19.2 Å². The summed E-state index contributed by atoms with van der Waals surface area (Å²) in [6.07, 6.45) is 1.34. The number of rotatable bonds is 15. The molecule has 0 spiro atoms. The Bertz CT molecular complexity index is 901. The number of carboxylic acids is 1. The third-order valence-corrected chi connectivity index (χ3v) is 5.84. The minimum atomic E-state index is -1.56. The molecule has 12 nitrogen and oxygen atoms in total. The summed E-state index contributed by atoms with van der Waals surface area (Å²) < 4.78 is 0. The van der Waals surface area contributed by atoms with E-state index in [0.717, 1.165) is 0 Å². The van der Waals surface area contributed by atoms with Crippen LogP contribution in [0.15, 0.2) is 24.3 Å². The van der Waals surface area contributed by atoms with Crippen LogP contribution in [0.5, 0.6) is 5.75 Å². The van der Waals surface area contributed by atoms with E-state index in [1.165, 1.54) is 23.9 Å². The number of thioether (sulfide) groups is 1. The van der Waals surface area contributed by atoms with Gasteiger partial charge in [0.2, 0.25) is 23.6 Å². The van der Waals surface area contributed by atoms with Gasteiger partial charge in [-0.25, -0.2) is 4.79 Å². The quantitative estimate of drug-likeness (QED) is 0.122. The number of aliphatic carboxylic acids is 1. The van der Waals surface area contributed by atoms with Crippen LogP contribution in [0, 0.1) is 0 Å². The van der Waals surface area contributed by atoms with Crippen LogP contribution in [0.1, 0.15) is 18.4 Å². The molecule has 0 saturated heterocycles. The maximum atomic E-state index is 13.1. The Morgan fingerprint density at radius 2 is 1.51 bits per heavy atom. The minimum Gasteiger partial charge on any atom is -0.508 e. The lowest BCUT2D eigenvalue weighted by Crippen LogP contribution is -2.58. The number of carbonyl (C=O) groups excluding carboxylic acids is 4.